The molecule has 1 fully saturated rings. The van der Waals surface area contributed by atoms with Gasteiger partial charge in [-0.2, -0.15) is 0 Å². The van der Waals surface area contributed by atoms with Crippen LogP contribution in [0.4, 0.5) is 5.69 Å². The number of nitrogens with zero attached hydrogens (tertiary/aromatic N) is 3. The van der Waals surface area contributed by atoms with E-state index >= 15 is 0 Å². The first kappa shape index (κ1) is 18.7. The van der Waals surface area contributed by atoms with Crippen LogP contribution in [-0.4, -0.2) is 57.2 Å². The van der Waals surface area contributed by atoms with Gasteiger partial charge < -0.3 is 15.5 Å². The molecule has 2 N–H and O–H groups in total. The van der Waals surface area contributed by atoms with Gasteiger partial charge in [-0.1, -0.05) is 24.3 Å². The number of rotatable bonds is 7. The standard InChI is InChI=1S/C20H29N5S/c1-21-20(23-17-19-9-5-16-26-19)22-10-6-11-24-12-14-25(15-13-24)18-7-3-2-4-8-18/h2-5,7-9,16H,6,10-15,17H2,1H3,(H2,21,22,23). The summed E-state index contributed by atoms with van der Waals surface area (Å²) in [6.07, 6.45) is 1.13. The van der Waals surface area contributed by atoms with Crippen molar-refractivity contribution in [2.75, 3.05) is 51.2 Å². The van der Waals surface area contributed by atoms with E-state index in [4.69, 9.17) is 0 Å². The van der Waals surface area contributed by atoms with Crippen LogP contribution in [-0.2, 0) is 6.54 Å². The molecule has 6 heteroatoms. The van der Waals surface area contributed by atoms with E-state index in [2.05, 4.69) is 73.3 Å². The molecule has 26 heavy (non-hydrogen) atoms. The van der Waals surface area contributed by atoms with Crippen LogP contribution in [0.3, 0.4) is 0 Å². The molecule has 1 saturated heterocycles. The van der Waals surface area contributed by atoms with Crippen molar-refractivity contribution in [2.45, 2.75) is 13.0 Å². The first-order chi connectivity index (χ1) is 12.8. The van der Waals surface area contributed by atoms with Gasteiger partial charge in [-0.05, 0) is 36.5 Å². The maximum atomic E-state index is 4.29. The first-order valence-corrected chi connectivity index (χ1v) is 10.2. The Morgan fingerprint density at radius 2 is 1.85 bits per heavy atom. The summed E-state index contributed by atoms with van der Waals surface area (Å²) in [5.74, 6) is 0.882. The van der Waals surface area contributed by atoms with E-state index in [1.807, 2.05) is 7.05 Å². The third kappa shape index (κ3) is 5.75. The average Bonchev–Trinajstić information content (AvgIpc) is 3.22. The molecule has 0 atom stereocenters. The van der Waals surface area contributed by atoms with Crippen molar-refractivity contribution < 1.29 is 0 Å². The van der Waals surface area contributed by atoms with E-state index in [1.54, 1.807) is 11.3 Å². The molecule has 140 valence electrons. The molecule has 1 aromatic heterocycles. The molecule has 3 rings (SSSR count). The molecule has 0 radical (unpaired) electrons. The zero-order valence-electron chi connectivity index (χ0n) is 15.5. The number of benzene rings is 1. The SMILES string of the molecule is CN=C(NCCCN1CCN(c2ccccc2)CC1)NCc1cccs1. The summed E-state index contributed by atoms with van der Waals surface area (Å²) in [7, 11) is 1.83. The molecule has 0 saturated carbocycles. The van der Waals surface area contributed by atoms with E-state index in [0.29, 0.717) is 0 Å². The number of guanidine groups is 1. The monoisotopic (exact) mass is 371 g/mol. The summed E-state index contributed by atoms with van der Waals surface area (Å²) in [5.41, 5.74) is 1.34. The lowest BCUT2D eigenvalue weighted by Gasteiger charge is -2.36. The van der Waals surface area contributed by atoms with Gasteiger partial charge in [0.2, 0.25) is 0 Å². The van der Waals surface area contributed by atoms with Crippen molar-refractivity contribution in [1.82, 2.24) is 15.5 Å². The summed E-state index contributed by atoms with van der Waals surface area (Å²) >= 11 is 1.77. The first-order valence-electron chi connectivity index (χ1n) is 9.34. The molecule has 1 aliphatic heterocycles. The van der Waals surface area contributed by atoms with Gasteiger partial charge >= 0.3 is 0 Å². The van der Waals surface area contributed by atoms with Gasteiger partial charge in [0.25, 0.3) is 0 Å². The second-order valence-electron chi connectivity index (χ2n) is 6.45. The number of hydrogen-bond donors (Lipinski definition) is 2. The van der Waals surface area contributed by atoms with Crippen LogP contribution < -0.4 is 15.5 Å². The number of aliphatic imine (C=N–C) groups is 1. The number of thiophene rings is 1. The molecular weight excluding hydrogens is 342 g/mol. The van der Waals surface area contributed by atoms with Crippen LogP contribution in [0, 0.1) is 0 Å². The Hall–Kier alpha value is -2.05. The number of nitrogens with one attached hydrogen (secondary N) is 2. The van der Waals surface area contributed by atoms with Gasteiger partial charge in [0.1, 0.15) is 0 Å². The Morgan fingerprint density at radius 1 is 1.04 bits per heavy atom. The predicted octanol–water partition coefficient (Wildman–Crippen LogP) is 2.63. The van der Waals surface area contributed by atoms with Gasteiger partial charge in [-0.15, -0.1) is 11.3 Å². The lowest BCUT2D eigenvalue weighted by molar-refractivity contribution is 0.255. The molecule has 2 aromatic rings. The number of hydrogen-bond acceptors (Lipinski definition) is 4. The largest absolute Gasteiger partial charge is 0.369 e. The molecule has 0 spiro atoms. The molecule has 0 amide bonds. The van der Waals surface area contributed by atoms with E-state index in [-0.39, 0.29) is 0 Å². The third-order valence-corrected chi connectivity index (χ3v) is 5.55. The van der Waals surface area contributed by atoms with Crippen LogP contribution in [0.5, 0.6) is 0 Å². The highest BCUT2D eigenvalue weighted by molar-refractivity contribution is 7.09. The minimum atomic E-state index is 0.832. The van der Waals surface area contributed by atoms with Gasteiger partial charge in [-0.3, -0.25) is 9.89 Å². The second kappa shape index (κ2) is 10.2. The molecule has 0 unspecified atom stereocenters. The Bertz CT molecular complexity index is 648. The number of anilines is 1. The van der Waals surface area contributed by atoms with E-state index < -0.39 is 0 Å². The number of piperazine rings is 1. The normalized spacial score (nSPS) is 15.9. The highest BCUT2D eigenvalue weighted by Crippen LogP contribution is 2.15. The van der Waals surface area contributed by atoms with E-state index in [1.165, 1.54) is 10.6 Å². The van der Waals surface area contributed by atoms with Crippen molar-refractivity contribution in [1.29, 1.82) is 0 Å². The molecule has 5 nitrogen and oxygen atoms in total. The Kier molecular flexibility index (Phi) is 7.34. The van der Waals surface area contributed by atoms with Gasteiger partial charge in [-0.25, -0.2) is 0 Å². The van der Waals surface area contributed by atoms with Crippen molar-refractivity contribution in [2.24, 2.45) is 4.99 Å². The van der Waals surface area contributed by atoms with Crippen LogP contribution in [0.1, 0.15) is 11.3 Å². The fraction of sp³-hybridized carbons (Fsp3) is 0.450. The molecule has 0 aliphatic carbocycles. The quantitative estimate of drug-likeness (QED) is 0.446. The fourth-order valence-corrected chi connectivity index (χ4v) is 3.83. The van der Waals surface area contributed by atoms with Crippen LogP contribution >= 0.6 is 11.3 Å². The Balaban J connectivity index is 1.29. The fourth-order valence-electron chi connectivity index (χ4n) is 3.18. The molecule has 1 aromatic carbocycles. The highest BCUT2D eigenvalue weighted by atomic mass is 32.1. The molecular formula is C20H29N5S. The number of para-hydroxylation sites is 1. The van der Waals surface area contributed by atoms with Gasteiger partial charge in [0, 0.05) is 50.3 Å². The highest BCUT2D eigenvalue weighted by Gasteiger charge is 2.16. The molecule has 2 heterocycles. The summed E-state index contributed by atoms with van der Waals surface area (Å²) < 4.78 is 0. The summed E-state index contributed by atoms with van der Waals surface area (Å²) in [6, 6.07) is 14.9. The second-order valence-corrected chi connectivity index (χ2v) is 7.48. The van der Waals surface area contributed by atoms with Crippen molar-refractivity contribution in [3.05, 3.63) is 52.7 Å². The van der Waals surface area contributed by atoms with Crippen LogP contribution in [0.2, 0.25) is 0 Å². The Labute approximate surface area is 160 Å². The summed E-state index contributed by atoms with van der Waals surface area (Å²) in [5, 5.41) is 8.88. The maximum absolute atomic E-state index is 4.29. The topological polar surface area (TPSA) is 42.9 Å². The van der Waals surface area contributed by atoms with E-state index in [0.717, 1.165) is 58.2 Å². The van der Waals surface area contributed by atoms with Crippen LogP contribution in [0.15, 0.2) is 52.8 Å². The zero-order valence-corrected chi connectivity index (χ0v) is 16.3. The lowest BCUT2D eigenvalue weighted by atomic mass is 10.2. The van der Waals surface area contributed by atoms with Gasteiger partial charge in [0.15, 0.2) is 5.96 Å². The Morgan fingerprint density at radius 3 is 2.54 bits per heavy atom. The van der Waals surface area contributed by atoms with Crippen molar-refractivity contribution >= 4 is 23.0 Å². The van der Waals surface area contributed by atoms with Crippen molar-refractivity contribution in [3.63, 3.8) is 0 Å². The predicted molar refractivity (Wildman–Crippen MR) is 112 cm³/mol. The minimum absolute atomic E-state index is 0.832. The third-order valence-electron chi connectivity index (χ3n) is 4.67. The summed E-state index contributed by atoms with van der Waals surface area (Å²) in [6.45, 7) is 7.42. The van der Waals surface area contributed by atoms with E-state index in [9.17, 15) is 0 Å². The zero-order chi connectivity index (χ0) is 18.0. The smallest absolute Gasteiger partial charge is 0.191 e. The van der Waals surface area contributed by atoms with Crippen molar-refractivity contribution in [3.8, 4) is 0 Å². The van der Waals surface area contributed by atoms with Crippen LogP contribution in [0.25, 0.3) is 0 Å². The maximum Gasteiger partial charge on any atom is 0.191 e. The van der Waals surface area contributed by atoms with Gasteiger partial charge in [0.05, 0.1) is 6.54 Å². The minimum Gasteiger partial charge on any atom is -0.369 e. The molecule has 1 aliphatic rings. The summed E-state index contributed by atoms with van der Waals surface area (Å²) in [4.78, 5) is 10.7. The lowest BCUT2D eigenvalue weighted by Crippen LogP contribution is -2.47. The molecule has 0 bridgehead atoms. The average molecular weight is 372 g/mol.